The van der Waals surface area contributed by atoms with Crippen LogP contribution in [0.5, 0.6) is 5.88 Å². The van der Waals surface area contributed by atoms with Crippen molar-refractivity contribution in [1.82, 2.24) is 9.88 Å². The van der Waals surface area contributed by atoms with E-state index in [1.54, 1.807) is 18.3 Å². The van der Waals surface area contributed by atoms with Crippen LogP contribution in [0.1, 0.15) is 39.2 Å². The summed E-state index contributed by atoms with van der Waals surface area (Å²) in [5.74, 6) is 0.613. The maximum Gasteiger partial charge on any atom is 0.213 e. The molecule has 0 amide bonds. The molecule has 1 unspecified atom stereocenters. The van der Waals surface area contributed by atoms with Crippen molar-refractivity contribution in [2.75, 3.05) is 19.6 Å². The molecule has 0 spiro atoms. The number of nitrogens with zero attached hydrogens (tertiary/aromatic N) is 3. The lowest BCUT2D eigenvalue weighted by molar-refractivity contribution is 0.195. The quantitative estimate of drug-likeness (QED) is 0.839. The smallest absolute Gasteiger partial charge is 0.213 e. The van der Waals surface area contributed by atoms with Crippen molar-refractivity contribution in [3.05, 3.63) is 23.9 Å². The van der Waals surface area contributed by atoms with Gasteiger partial charge in [-0.05, 0) is 19.0 Å². The summed E-state index contributed by atoms with van der Waals surface area (Å²) in [5.41, 5.74) is 0.564. The van der Waals surface area contributed by atoms with E-state index in [4.69, 9.17) is 10.00 Å². The normalized spacial score (nSPS) is 18.3. The molecule has 1 fully saturated rings. The summed E-state index contributed by atoms with van der Waals surface area (Å²) >= 11 is 0. The number of pyridine rings is 1. The molecule has 1 atom stereocenters. The second-order valence-electron chi connectivity index (χ2n) is 4.63. The van der Waals surface area contributed by atoms with E-state index >= 15 is 0 Å². The lowest BCUT2D eigenvalue weighted by Gasteiger charge is -2.14. The van der Waals surface area contributed by atoms with Gasteiger partial charge in [-0.3, -0.25) is 4.90 Å². The van der Waals surface area contributed by atoms with Crippen LogP contribution < -0.4 is 4.74 Å². The molecule has 1 aliphatic rings. The average molecular weight is 261 g/mol. The van der Waals surface area contributed by atoms with Gasteiger partial charge in [0.05, 0.1) is 5.56 Å². The van der Waals surface area contributed by atoms with Crippen molar-refractivity contribution < 1.29 is 4.74 Å². The molecule has 1 aromatic heterocycles. The van der Waals surface area contributed by atoms with E-state index in [1.165, 1.54) is 6.42 Å². The summed E-state index contributed by atoms with van der Waals surface area (Å²) in [5, 5.41) is 8.64. The van der Waals surface area contributed by atoms with Crippen LogP contribution in [-0.4, -0.2) is 35.6 Å². The van der Waals surface area contributed by atoms with Gasteiger partial charge in [0.1, 0.15) is 12.2 Å². The van der Waals surface area contributed by atoms with Gasteiger partial charge >= 0.3 is 0 Å². The van der Waals surface area contributed by atoms with E-state index < -0.39 is 0 Å². The van der Waals surface area contributed by atoms with Crippen molar-refractivity contribution in [3.8, 4) is 11.9 Å². The van der Waals surface area contributed by atoms with Gasteiger partial charge in [-0.2, -0.15) is 5.26 Å². The van der Waals surface area contributed by atoms with E-state index in [2.05, 4.69) is 30.7 Å². The van der Waals surface area contributed by atoms with Crippen molar-refractivity contribution in [2.24, 2.45) is 0 Å². The highest BCUT2D eigenvalue weighted by Gasteiger charge is 2.22. The molecule has 2 rings (SSSR count). The van der Waals surface area contributed by atoms with Crippen LogP contribution in [0, 0.1) is 11.3 Å². The standard InChI is InChI=1S/C12H15N3O.C3H8/c1-2-15-6-5-11(9-15)16-12-4-3-10(7-13)8-14-12;1-3-2/h3-4,8,11H,2,5-6,9H2,1H3;3H2,1-2H3. The van der Waals surface area contributed by atoms with Crippen LogP contribution in [0.25, 0.3) is 0 Å². The fourth-order valence-electron chi connectivity index (χ4n) is 1.87. The highest BCUT2D eigenvalue weighted by Crippen LogP contribution is 2.16. The van der Waals surface area contributed by atoms with E-state index in [9.17, 15) is 0 Å². The number of likely N-dealkylation sites (tertiary alicyclic amines) is 1. The van der Waals surface area contributed by atoms with Crippen LogP contribution in [0.3, 0.4) is 0 Å². The van der Waals surface area contributed by atoms with Gasteiger partial charge in [-0.25, -0.2) is 4.98 Å². The SMILES string of the molecule is CCC.CCN1CCC(Oc2ccc(C#N)cn2)C1. The molecule has 0 aliphatic carbocycles. The Balaban J connectivity index is 0.000000550. The number of ether oxygens (including phenoxy) is 1. The highest BCUT2D eigenvalue weighted by molar-refractivity contribution is 5.28. The van der Waals surface area contributed by atoms with Gasteiger partial charge in [0, 0.05) is 25.4 Å². The van der Waals surface area contributed by atoms with Gasteiger partial charge in [0.15, 0.2) is 0 Å². The molecule has 1 aromatic rings. The first kappa shape index (κ1) is 15.5. The number of aromatic nitrogens is 1. The summed E-state index contributed by atoms with van der Waals surface area (Å²) in [4.78, 5) is 6.46. The van der Waals surface area contributed by atoms with Crippen molar-refractivity contribution in [1.29, 1.82) is 5.26 Å². The number of rotatable bonds is 3. The Labute approximate surface area is 116 Å². The molecule has 4 nitrogen and oxygen atoms in total. The third kappa shape index (κ3) is 5.27. The Kier molecular flexibility index (Phi) is 6.91. The van der Waals surface area contributed by atoms with Crippen LogP contribution in [-0.2, 0) is 0 Å². The molecule has 0 aromatic carbocycles. The van der Waals surface area contributed by atoms with Gasteiger partial charge in [0.2, 0.25) is 5.88 Å². The average Bonchev–Trinajstić information content (AvgIpc) is 2.88. The summed E-state index contributed by atoms with van der Waals surface area (Å²) in [6, 6.07) is 5.53. The highest BCUT2D eigenvalue weighted by atomic mass is 16.5. The summed E-state index contributed by atoms with van der Waals surface area (Å²) < 4.78 is 5.74. The van der Waals surface area contributed by atoms with Crippen molar-refractivity contribution in [2.45, 2.75) is 39.7 Å². The molecule has 104 valence electrons. The van der Waals surface area contributed by atoms with E-state index in [0.717, 1.165) is 26.1 Å². The second-order valence-corrected chi connectivity index (χ2v) is 4.63. The summed E-state index contributed by atoms with van der Waals surface area (Å²) in [7, 11) is 0. The zero-order chi connectivity index (χ0) is 14.1. The Morgan fingerprint density at radius 3 is 2.63 bits per heavy atom. The molecule has 4 heteroatoms. The fourth-order valence-corrected chi connectivity index (χ4v) is 1.87. The molecule has 19 heavy (non-hydrogen) atoms. The Hall–Kier alpha value is -1.60. The minimum atomic E-state index is 0.236. The lowest BCUT2D eigenvalue weighted by atomic mass is 10.3. The fraction of sp³-hybridized carbons (Fsp3) is 0.600. The molecule has 0 bridgehead atoms. The molecule has 1 aliphatic heterocycles. The molecule has 0 saturated carbocycles. The molecule has 0 N–H and O–H groups in total. The van der Waals surface area contributed by atoms with Crippen LogP contribution >= 0.6 is 0 Å². The largest absolute Gasteiger partial charge is 0.473 e. The molecule has 1 saturated heterocycles. The van der Waals surface area contributed by atoms with Gasteiger partial charge in [-0.15, -0.1) is 0 Å². The van der Waals surface area contributed by atoms with E-state index in [1.807, 2.05) is 6.07 Å². The number of hydrogen-bond donors (Lipinski definition) is 0. The summed E-state index contributed by atoms with van der Waals surface area (Å²) in [6.07, 6.45) is 4.08. The Morgan fingerprint density at radius 2 is 2.16 bits per heavy atom. The van der Waals surface area contributed by atoms with Crippen LogP contribution in [0.2, 0.25) is 0 Å². The minimum Gasteiger partial charge on any atom is -0.473 e. The third-order valence-corrected chi connectivity index (χ3v) is 2.83. The van der Waals surface area contributed by atoms with Crippen LogP contribution in [0.4, 0.5) is 0 Å². The Morgan fingerprint density at radius 1 is 1.42 bits per heavy atom. The first-order valence-corrected chi connectivity index (χ1v) is 6.98. The van der Waals surface area contributed by atoms with Crippen LogP contribution in [0.15, 0.2) is 18.3 Å². The topological polar surface area (TPSA) is 49.1 Å². The van der Waals surface area contributed by atoms with Gasteiger partial charge < -0.3 is 4.74 Å². The number of nitriles is 1. The molecular weight excluding hydrogens is 238 g/mol. The molecule has 2 heterocycles. The van der Waals surface area contributed by atoms with Gasteiger partial charge in [0.25, 0.3) is 0 Å². The lowest BCUT2D eigenvalue weighted by Crippen LogP contribution is -2.24. The predicted molar refractivity (Wildman–Crippen MR) is 76.1 cm³/mol. The second kappa shape index (κ2) is 8.49. The van der Waals surface area contributed by atoms with Crippen molar-refractivity contribution >= 4 is 0 Å². The Bertz CT molecular complexity index is 397. The minimum absolute atomic E-state index is 0.236. The maximum absolute atomic E-state index is 8.64. The third-order valence-electron chi connectivity index (χ3n) is 2.83. The first-order chi connectivity index (χ1) is 9.23. The predicted octanol–water partition coefficient (Wildman–Crippen LogP) is 2.84. The van der Waals surface area contributed by atoms with Crippen molar-refractivity contribution in [3.63, 3.8) is 0 Å². The monoisotopic (exact) mass is 261 g/mol. The first-order valence-electron chi connectivity index (χ1n) is 6.98. The maximum atomic E-state index is 8.64. The van der Waals surface area contributed by atoms with E-state index in [0.29, 0.717) is 11.4 Å². The number of hydrogen-bond acceptors (Lipinski definition) is 4. The van der Waals surface area contributed by atoms with E-state index in [-0.39, 0.29) is 6.10 Å². The van der Waals surface area contributed by atoms with Gasteiger partial charge in [-0.1, -0.05) is 27.2 Å². The molecular formula is C15H23N3O. The summed E-state index contributed by atoms with van der Waals surface area (Å²) in [6.45, 7) is 9.54. The zero-order valence-electron chi connectivity index (χ0n) is 12.1. The molecule has 0 radical (unpaired) electrons. The number of likely N-dealkylation sites (N-methyl/N-ethyl adjacent to an activating group) is 1. The zero-order valence-corrected chi connectivity index (χ0v) is 12.1.